The highest BCUT2D eigenvalue weighted by molar-refractivity contribution is 5.85. The lowest BCUT2D eigenvalue weighted by Gasteiger charge is -2.38. The van der Waals surface area contributed by atoms with E-state index < -0.39 is 30.2 Å². The summed E-state index contributed by atoms with van der Waals surface area (Å²) in [4.78, 5) is 0. The zero-order valence-corrected chi connectivity index (χ0v) is 18.0. The van der Waals surface area contributed by atoms with Crippen molar-refractivity contribution >= 4 is 10.9 Å². The molecule has 0 saturated heterocycles. The average Bonchev–Trinajstić information content (AvgIpc) is 3.33. The Balaban J connectivity index is 1.75. The molecule has 0 amide bonds. The predicted octanol–water partition coefficient (Wildman–Crippen LogP) is 5.21. The van der Waals surface area contributed by atoms with Gasteiger partial charge in [0.15, 0.2) is 17.1 Å². The second-order valence-electron chi connectivity index (χ2n) is 8.91. The Labute approximate surface area is 183 Å². The molecule has 5 nitrogen and oxygen atoms in total. The van der Waals surface area contributed by atoms with Crippen LogP contribution in [0.5, 0.6) is 11.5 Å². The summed E-state index contributed by atoms with van der Waals surface area (Å²) in [5, 5.41) is 21.0. The molecule has 1 unspecified atom stereocenters. The maximum absolute atomic E-state index is 14.3. The van der Waals surface area contributed by atoms with Crippen molar-refractivity contribution in [3.63, 3.8) is 0 Å². The van der Waals surface area contributed by atoms with Crippen LogP contribution in [-0.4, -0.2) is 28.2 Å². The largest absolute Gasteiger partial charge is 0.454 e. The van der Waals surface area contributed by atoms with Crippen LogP contribution in [0, 0.1) is 18.3 Å². The van der Waals surface area contributed by atoms with Crippen LogP contribution in [0.4, 0.5) is 13.2 Å². The van der Waals surface area contributed by atoms with Gasteiger partial charge < -0.3 is 19.1 Å². The molecule has 1 aliphatic heterocycles. The van der Waals surface area contributed by atoms with Gasteiger partial charge in [-0.3, -0.25) is 0 Å². The molecule has 8 heteroatoms. The number of rotatable bonds is 5. The number of para-hydroxylation sites is 1. The van der Waals surface area contributed by atoms with E-state index in [1.165, 1.54) is 10.8 Å². The van der Waals surface area contributed by atoms with Gasteiger partial charge in [0.1, 0.15) is 0 Å². The van der Waals surface area contributed by atoms with E-state index in [0.29, 0.717) is 28.1 Å². The molecule has 4 rings (SSSR count). The van der Waals surface area contributed by atoms with Crippen molar-refractivity contribution in [1.29, 1.82) is 5.26 Å². The Hall–Kier alpha value is -3.18. The number of aliphatic hydroxyl groups is 1. The standard InChI is InChI=1S/C24H23F3N2O3/c1-15-9-16(11-28)10-19-17(15)7-8-29(19)13-23(30,24(25,26)27)12-22(2,3)18-5-4-6-20-21(18)32-14-31-20/h4-10,30H,12-14H2,1-3H3. The van der Waals surface area contributed by atoms with Crippen molar-refractivity contribution in [2.24, 2.45) is 0 Å². The van der Waals surface area contributed by atoms with Crippen molar-refractivity contribution in [3.05, 3.63) is 59.3 Å². The highest BCUT2D eigenvalue weighted by Gasteiger charge is 2.56. The Morgan fingerprint density at radius 3 is 2.59 bits per heavy atom. The van der Waals surface area contributed by atoms with Gasteiger partial charge in [0.25, 0.3) is 0 Å². The van der Waals surface area contributed by atoms with Gasteiger partial charge in [0, 0.05) is 22.7 Å². The Kier molecular flexibility index (Phi) is 5.13. The number of hydrogen-bond donors (Lipinski definition) is 1. The van der Waals surface area contributed by atoms with Gasteiger partial charge in [-0.05, 0) is 48.6 Å². The first-order chi connectivity index (χ1) is 14.9. The molecule has 0 aliphatic carbocycles. The molecule has 1 atom stereocenters. The van der Waals surface area contributed by atoms with E-state index in [-0.39, 0.29) is 6.79 Å². The summed E-state index contributed by atoms with van der Waals surface area (Å²) < 4.78 is 55.0. The maximum Gasteiger partial charge on any atom is 0.418 e. The predicted molar refractivity (Wildman–Crippen MR) is 113 cm³/mol. The fourth-order valence-electron chi connectivity index (χ4n) is 4.50. The number of benzene rings is 2. The molecular formula is C24H23F3N2O3. The van der Waals surface area contributed by atoms with Crippen LogP contribution in [-0.2, 0) is 12.0 Å². The molecule has 2 aromatic carbocycles. The first-order valence-electron chi connectivity index (χ1n) is 10.1. The Bertz CT molecular complexity index is 1220. The maximum atomic E-state index is 14.3. The minimum atomic E-state index is -4.89. The first-order valence-corrected chi connectivity index (χ1v) is 10.1. The summed E-state index contributed by atoms with van der Waals surface area (Å²) in [7, 11) is 0. The van der Waals surface area contributed by atoms with Crippen molar-refractivity contribution in [1.82, 2.24) is 4.57 Å². The van der Waals surface area contributed by atoms with E-state index >= 15 is 0 Å². The Morgan fingerprint density at radius 1 is 1.16 bits per heavy atom. The summed E-state index contributed by atoms with van der Waals surface area (Å²) in [6.45, 7) is 4.38. The SMILES string of the molecule is Cc1cc(C#N)cc2c1ccn2CC(O)(CC(C)(C)c1cccc2c1OCO2)C(F)(F)F. The normalized spacial score (nSPS) is 15.6. The molecule has 1 N–H and O–H groups in total. The van der Waals surface area contributed by atoms with Gasteiger partial charge in [-0.15, -0.1) is 0 Å². The summed E-state index contributed by atoms with van der Waals surface area (Å²) in [6, 6.07) is 12.0. The number of hydrogen-bond acceptors (Lipinski definition) is 4. The van der Waals surface area contributed by atoms with Crippen LogP contribution in [0.3, 0.4) is 0 Å². The van der Waals surface area contributed by atoms with E-state index in [0.717, 1.165) is 10.9 Å². The van der Waals surface area contributed by atoms with Crippen molar-refractivity contribution in [3.8, 4) is 17.6 Å². The van der Waals surface area contributed by atoms with Crippen LogP contribution in [0.2, 0.25) is 0 Å². The zero-order chi connectivity index (χ0) is 23.3. The topological polar surface area (TPSA) is 67.4 Å². The van der Waals surface area contributed by atoms with Gasteiger partial charge in [-0.1, -0.05) is 26.0 Å². The monoisotopic (exact) mass is 444 g/mol. The number of aryl methyl sites for hydroxylation is 1. The third-order valence-corrected chi connectivity index (χ3v) is 6.04. The van der Waals surface area contributed by atoms with Crippen LogP contribution < -0.4 is 9.47 Å². The Morgan fingerprint density at radius 2 is 1.91 bits per heavy atom. The van der Waals surface area contributed by atoms with E-state index in [9.17, 15) is 23.5 Å². The summed E-state index contributed by atoms with van der Waals surface area (Å²) in [5.41, 5.74) is -1.97. The lowest BCUT2D eigenvalue weighted by atomic mass is 9.74. The second-order valence-corrected chi connectivity index (χ2v) is 8.91. The quantitative estimate of drug-likeness (QED) is 0.587. The average molecular weight is 444 g/mol. The lowest BCUT2D eigenvalue weighted by Crippen LogP contribution is -2.52. The number of nitrogens with zero attached hydrogens (tertiary/aromatic N) is 2. The van der Waals surface area contributed by atoms with E-state index in [2.05, 4.69) is 0 Å². The van der Waals surface area contributed by atoms with Crippen molar-refractivity contribution in [2.75, 3.05) is 6.79 Å². The van der Waals surface area contributed by atoms with Crippen LogP contribution in [0.15, 0.2) is 42.6 Å². The fraction of sp³-hybridized carbons (Fsp3) is 0.375. The molecule has 0 fully saturated rings. The third kappa shape index (κ3) is 3.67. The second kappa shape index (κ2) is 7.45. The number of alkyl halides is 3. The number of fused-ring (bicyclic) bond motifs is 2. The molecule has 2 heterocycles. The first kappa shape index (κ1) is 22.0. The van der Waals surface area contributed by atoms with Crippen LogP contribution in [0.1, 0.15) is 37.0 Å². The van der Waals surface area contributed by atoms with Gasteiger partial charge in [0.2, 0.25) is 6.79 Å². The molecule has 3 aromatic rings. The summed E-state index contributed by atoms with van der Waals surface area (Å²) in [6.07, 6.45) is -3.97. The van der Waals surface area contributed by atoms with Crippen LogP contribution >= 0.6 is 0 Å². The molecule has 1 aliphatic rings. The molecule has 1 aromatic heterocycles. The zero-order valence-electron chi connectivity index (χ0n) is 18.0. The fourth-order valence-corrected chi connectivity index (χ4v) is 4.50. The molecule has 0 radical (unpaired) electrons. The number of ether oxygens (including phenoxy) is 2. The molecule has 0 spiro atoms. The van der Waals surface area contributed by atoms with Gasteiger partial charge in [-0.2, -0.15) is 18.4 Å². The minimum absolute atomic E-state index is 0.00188. The van der Waals surface area contributed by atoms with Gasteiger partial charge in [-0.25, -0.2) is 0 Å². The minimum Gasteiger partial charge on any atom is -0.454 e. The van der Waals surface area contributed by atoms with E-state index in [4.69, 9.17) is 9.47 Å². The molecular weight excluding hydrogens is 421 g/mol. The molecule has 0 bridgehead atoms. The summed E-state index contributed by atoms with van der Waals surface area (Å²) >= 11 is 0. The molecule has 168 valence electrons. The van der Waals surface area contributed by atoms with Crippen LogP contribution in [0.25, 0.3) is 10.9 Å². The smallest absolute Gasteiger partial charge is 0.418 e. The molecule has 0 saturated carbocycles. The van der Waals surface area contributed by atoms with Gasteiger partial charge >= 0.3 is 6.18 Å². The lowest BCUT2D eigenvalue weighted by molar-refractivity contribution is -0.271. The summed E-state index contributed by atoms with van der Waals surface area (Å²) in [5.74, 6) is 0.879. The highest BCUT2D eigenvalue weighted by Crippen LogP contribution is 2.47. The number of nitriles is 1. The van der Waals surface area contributed by atoms with E-state index in [1.807, 2.05) is 6.07 Å². The molecule has 32 heavy (non-hydrogen) atoms. The number of aromatic nitrogens is 1. The third-order valence-electron chi connectivity index (χ3n) is 6.04. The van der Waals surface area contributed by atoms with Crippen molar-refractivity contribution < 1.29 is 27.8 Å². The number of halogens is 3. The van der Waals surface area contributed by atoms with E-state index in [1.54, 1.807) is 57.2 Å². The van der Waals surface area contributed by atoms with Crippen molar-refractivity contribution in [2.45, 2.75) is 50.9 Å². The van der Waals surface area contributed by atoms with Gasteiger partial charge in [0.05, 0.1) is 18.2 Å². The highest BCUT2D eigenvalue weighted by atomic mass is 19.4.